The van der Waals surface area contributed by atoms with Crippen LogP contribution >= 0.6 is 0 Å². The molecule has 0 fully saturated rings. The quantitative estimate of drug-likeness (QED) is 0.473. The van der Waals surface area contributed by atoms with Gasteiger partial charge in [0.05, 0.1) is 0 Å². The van der Waals surface area contributed by atoms with E-state index in [0.29, 0.717) is 5.82 Å². The molecule has 128 valence electrons. The minimum Gasteiger partial charge on any atom is -0.212 e. The molecule has 0 radical (unpaired) electrons. The van der Waals surface area contributed by atoms with Crippen molar-refractivity contribution in [2.24, 2.45) is 0 Å². The molecule has 3 aromatic carbocycles. The molecule has 0 aliphatic heterocycles. The van der Waals surface area contributed by atoms with Gasteiger partial charge in [0.25, 0.3) is 0 Å². The predicted molar refractivity (Wildman–Crippen MR) is 107 cm³/mol. The number of hydrogen-bond donors (Lipinski definition) is 0. The van der Waals surface area contributed by atoms with Gasteiger partial charge in [-0.3, -0.25) is 0 Å². The van der Waals surface area contributed by atoms with Crippen LogP contribution in [0.3, 0.4) is 0 Å². The first-order chi connectivity index (χ1) is 12.5. The van der Waals surface area contributed by atoms with E-state index in [-0.39, 0.29) is 5.41 Å². The molecule has 4 rings (SSSR count). The van der Waals surface area contributed by atoms with Crippen LogP contribution in [0.5, 0.6) is 0 Å². The fraction of sp³-hybridized carbons (Fsp3) is 0.174. The lowest BCUT2D eigenvalue weighted by atomic mass is 9.95. The van der Waals surface area contributed by atoms with Crippen LogP contribution < -0.4 is 0 Å². The number of nitrogens with zero attached hydrogens (tertiary/aromatic N) is 3. The van der Waals surface area contributed by atoms with Gasteiger partial charge in [-0.05, 0) is 16.8 Å². The Morgan fingerprint density at radius 2 is 1.19 bits per heavy atom. The van der Waals surface area contributed by atoms with Crippen molar-refractivity contribution in [1.29, 1.82) is 0 Å². The van der Waals surface area contributed by atoms with Crippen LogP contribution in [0.2, 0.25) is 0 Å². The van der Waals surface area contributed by atoms with Crippen LogP contribution in [0.4, 0.5) is 0 Å². The summed E-state index contributed by atoms with van der Waals surface area (Å²) in [6.45, 7) is 6.38. The zero-order chi connectivity index (χ0) is 18.1. The van der Waals surface area contributed by atoms with Gasteiger partial charge in [0.2, 0.25) is 0 Å². The number of aromatic nitrogens is 3. The van der Waals surface area contributed by atoms with Gasteiger partial charge in [-0.25, -0.2) is 15.0 Å². The van der Waals surface area contributed by atoms with Gasteiger partial charge in [0, 0.05) is 16.5 Å². The summed E-state index contributed by atoms with van der Waals surface area (Å²) in [5.74, 6) is 2.23. The first kappa shape index (κ1) is 16.4. The largest absolute Gasteiger partial charge is 0.212 e. The lowest BCUT2D eigenvalue weighted by molar-refractivity contribution is 0.543. The van der Waals surface area contributed by atoms with E-state index in [2.05, 4.69) is 63.2 Å². The zero-order valence-corrected chi connectivity index (χ0v) is 15.3. The monoisotopic (exact) mass is 339 g/mol. The lowest BCUT2D eigenvalue weighted by Crippen LogP contribution is -2.18. The van der Waals surface area contributed by atoms with Crippen molar-refractivity contribution in [3.05, 3.63) is 78.6 Å². The van der Waals surface area contributed by atoms with Crippen molar-refractivity contribution in [2.45, 2.75) is 26.2 Å². The smallest absolute Gasteiger partial charge is 0.163 e. The molecule has 26 heavy (non-hydrogen) atoms. The summed E-state index contributed by atoms with van der Waals surface area (Å²) in [5.41, 5.74) is 1.86. The van der Waals surface area contributed by atoms with E-state index in [1.54, 1.807) is 0 Å². The van der Waals surface area contributed by atoms with Crippen LogP contribution in [0.1, 0.15) is 26.6 Å². The van der Waals surface area contributed by atoms with E-state index in [0.717, 1.165) is 22.8 Å². The maximum Gasteiger partial charge on any atom is 0.163 e. The second-order valence-electron chi connectivity index (χ2n) is 7.48. The second kappa shape index (κ2) is 6.34. The molecule has 0 unspecified atom stereocenters. The van der Waals surface area contributed by atoms with Crippen molar-refractivity contribution in [1.82, 2.24) is 15.0 Å². The molecule has 0 N–H and O–H groups in total. The Bertz CT molecular complexity index is 1060. The molecule has 0 aliphatic carbocycles. The van der Waals surface area contributed by atoms with Gasteiger partial charge in [-0.15, -0.1) is 0 Å². The molecular weight excluding hydrogens is 318 g/mol. The van der Waals surface area contributed by atoms with E-state index in [4.69, 9.17) is 15.0 Å². The second-order valence-corrected chi connectivity index (χ2v) is 7.48. The summed E-state index contributed by atoms with van der Waals surface area (Å²) < 4.78 is 0. The molecule has 1 aromatic heterocycles. The first-order valence-corrected chi connectivity index (χ1v) is 8.82. The van der Waals surface area contributed by atoms with E-state index >= 15 is 0 Å². The van der Waals surface area contributed by atoms with E-state index in [9.17, 15) is 0 Å². The molecule has 0 aliphatic rings. The van der Waals surface area contributed by atoms with Gasteiger partial charge in [0.1, 0.15) is 5.82 Å². The maximum atomic E-state index is 4.79. The Hall–Kier alpha value is -3.07. The van der Waals surface area contributed by atoms with Crippen molar-refractivity contribution in [3.8, 4) is 22.8 Å². The highest BCUT2D eigenvalue weighted by Crippen LogP contribution is 2.27. The van der Waals surface area contributed by atoms with E-state index in [1.807, 2.05) is 30.3 Å². The molecule has 1 heterocycles. The topological polar surface area (TPSA) is 38.7 Å². The average molecular weight is 339 g/mol. The van der Waals surface area contributed by atoms with Gasteiger partial charge in [-0.2, -0.15) is 0 Å². The predicted octanol–water partition coefficient (Wildman–Crippen LogP) is 5.66. The van der Waals surface area contributed by atoms with Crippen LogP contribution in [0.15, 0.2) is 72.8 Å². The van der Waals surface area contributed by atoms with Crippen LogP contribution in [-0.4, -0.2) is 15.0 Å². The Balaban J connectivity index is 1.91. The molecule has 3 heteroatoms. The maximum absolute atomic E-state index is 4.79. The minimum atomic E-state index is -0.155. The SMILES string of the molecule is CC(C)(C)c1nc(-c2ccccc2)nc(-c2ccc3ccccc3c2)n1. The highest BCUT2D eigenvalue weighted by molar-refractivity contribution is 5.86. The van der Waals surface area contributed by atoms with Gasteiger partial charge in [-0.1, -0.05) is 87.5 Å². The summed E-state index contributed by atoms with van der Waals surface area (Å²) in [7, 11) is 0. The summed E-state index contributed by atoms with van der Waals surface area (Å²) in [4.78, 5) is 14.3. The van der Waals surface area contributed by atoms with Crippen molar-refractivity contribution in [2.75, 3.05) is 0 Å². The molecule has 4 aromatic rings. The Kier molecular flexibility index (Phi) is 4.00. The number of hydrogen-bond acceptors (Lipinski definition) is 3. The summed E-state index contributed by atoms with van der Waals surface area (Å²) in [5, 5.41) is 2.40. The fourth-order valence-corrected chi connectivity index (χ4v) is 2.89. The van der Waals surface area contributed by atoms with Crippen LogP contribution in [0.25, 0.3) is 33.5 Å². The van der Waals surface area contributed by atoms with Crippen LogP contribution in [0, 0.1) is 0 Å². The Labute approximate surface area is 153 Å². The van der Waals surface area contributed by atoms with Gasteiger partial charge < -0.3 is 0 Å². The number of benzene rings is 3. The molecule has 0 spiro atoms. The van der Waals surface area contributed by atoms with Crippen LogP contribution in [-0.2, 0) is 5.41 Å². The highest BCUT2D eigenvalue weighted by Gasteiger charge is 2.21. The lowest BCUT2D eigenvalue weighted by Gasteiger charge is -2.18. The third-order valence-electron chi connectivity index (χ3n) is 4.35. The zero-order valence-electron chi connectivity index (χ0n) is 15.3. The average Bonchev–Trinajstić information content (AvgIpc) is 2.67. The molecule has 0 saturated heterocycles. The van der Waals surface area contributed by atoms with Crippen molar-refractivity contribution < 1.29 is 0 Å². The van der Waals surface area contributed by atoms with Gasteiger partial charge in [0.15, 0.2) is 11.6 Å². The molecule has 0 bridgehead atoms. The van der Waals surface area contributed by atoms with Crippen molar-refractivity contribution >= 4 is 10.8 Å². The van der Waals surface area contributed by atoms with E-state index in [1.165, 1.54) is 10.8 Å². The summed E-state index contributed by atoms with van der Waals surface area (Å²) in [6, 6.07) is 24.8. The molecule has 3 nitrogen and oxygen atoms in total. The molecular formula is C23H21N3. The third kappa shape index (κ3) is 3.21. The first-order valence-electron chi connectivity index (χ1n) is 8.82. The fourth-order valence-electron chi connectivity index (χ4n) is 2.89. The summed E-state index contributed by atoms with van der Waals surface area (Å²) >= 11 is 0. The number of fused-ring (bicyclic) bond motifs is 1. The highest BCUT2D eigenvalue weighted by atomic mass is 15.0. The van der Waals surface area contributed by atoms with E-state index < -0.39 is 0 Å². The molecule has 0 atom stereocenters. The standard InChI is InChI=1S/C23H21N3/c1-23(2,3)22-25-20(17-10-5-4-6-11-17)24-21(26-22)19-14-13-16-9-7-8-12-18(16)15-19/h4-15H,1-3H3. The Morgan fingerprint density at radius 1 is 0.577 bits per heavy atom. The third-order valence-corrected chi connectivity index (χ3v) is 4.35. The molecule has 0 saturated carbocycles. The van der Waals surface area contributed by atoms with Gasteiger partial charge >= 0.3 is 0 Å². The minimum absolute atomic E-state index is 0.155. The number of rotatable bonds is 2. The Morgan fingerprint density at radius 3 is 1.88 bits per heavy atom. The van der Waals surface area contributed by atoms with Crippen molar-refractivity contribution in [3.63, 3.8) is 0 Å². The summed E-state index contributed by atoms with van der Waals surface area (Å²) in [6.07, 6.45) is 0. The normalized spacial score (nSPS) is 11.7. The molecule has 0 amide bonds.